The molecule has 0 amide bonds. The molecule has 1 atom stereocenters. The number of hydrogen-bond acceptors (Lipinski definition) is 1. The monoisotopic (exact) mass is 223 g/mol. The minimum Gasteiger partial charge on any atom is -0.388 e. The van der Waals surface area contributed by atoms with Gasteiger partial charge in [0.25, 0.3) is 0 Å². The molecule has 1 aliphatic rings. The number of rotatable bonds is 7. The largest absolute Gasteiger partial charge is 0.388 e. The third-order valence-corrected chi connectivity index (χ3v) is 4.23. The lowest BCUT2D eigenvalue weighted by molar-refractivity contribution is 0.261. The Morgan fingerprint density at radius 3 is 2.44 bits per heavy atom. The summed E-state index contributed by atoms with van der Waals surface area (Å²) in [5, 5.41) is 3.55. The summed E-state index contributed by atoms with van der Waals surface area (Å²) < 4.78 is 0. The van der Waals surface area contributed by atoms with Crippen LogP contribution in [0.2, 0.25) is 0 Å². The van der Waals surface area contributed by atoms with Gasteiger partial charge in [0, 0.05) is 17.7 Å². The summed E-state index contributed by atoms with van der Waals surface area (Å²) in [7, 11) is 0. The predicted octanol–water partition coefficient (Wildman–Crippen LogP) is 4.50. The van der Waals surface area contributed by atoms with E-state index in [1.165, 1.54) is 50.6 Å². The first-order valence-corrected chi connectivity index (χ1v) is 7.08. The van der Waals surface area contributed by atoms with Crippen LogP contribution in [-0.4, -0.2) is 6.54 Å². The summed E-state index contributed by atoms with van der Waals surface area (Å²) in [4.78, 5) is 0. The zero-order valence-electron chi connectivity index (χ0n) is 11.4. The van der Waals surface area contributed by atoms with E-state index in [0.717, 1.165) is 12.5 Å². The lowest BCUT2D eigenvalue weighted by Crippen LogP contribution is -2.31. The summed E-state index contributed by atoms with van der Waals surface area (Å²) in [5.74, 6) is 0.832. The summed E-state index contributed by atoms with van der Waals surface area (Å²) in [5.41, 5.74) is 1.75. The first-order valence-electron chi connectivity index (χ1n) is 7.08. The summed E-state index contributed by atoms with van der Waals surface area (Å²) in [6.07, 6.45) is 9.31. The van der Waals surface area contributed by atoms with Crippen LogP contribution in [0, 0.1) is 11.3 Å². The summed E-state index contributed by atoms with van der Waals surface area (Å²) in [6.45, 7) is 12.3. The smallest absolute Gasteiger partial charge is 0.0141 e. The molecular formula is C15H29N. The van der Waals surface area contributed by atoms with E-state index in [0.29, 0.717) is 5.41 Å². The fourth-order valence-electron chi connectivity index (χ4n) is 2.96. The van der Waals surface area contributed by atoms with Crippen molar-refractivity contribution >= 4 is 0 Å². The van der Waals surface area contributed by atoms with Crippen LogP contribution in [0.25, 0.3) is 0 Å². The van der Waals surface area contributed by atoms with Crippen molar-refractivity contribution in [1.82, 2.24) is 5.32 Å². The maximum absolute atomic E-state index is 4.32. The van der Waals surface area contributed by atoms with Crippen molar-refractivity contribution in [2.24, 2.45) is 11.3 Å². The Morgan fingerprint density at radius 1 is 1.31 bits per heavy atom. The van der Waals surface area contributed by atoms with Crippen molar-refractivity contribution in [2.75, 3.05) is 6.54 Å². The van der Waals surface area contributed by atoms with Gasteiger partial charge in [-0.25, -0.2) is 0 Å². The van der Waals surface area contributed by atoms with E-state index in [1.807, 2.05) is 0 Å². The van der Waals surface area contributed by atoms with Crippen LogP contribution in [0.5, 0.6) is 0 Å². The minimum atomic E-state index is 0.421. The van der Waals surface area contributed by atoms with Crippen LogP contribution < -0.4 is 5.32 Å². The van der Waals surface area contributed by atoms with Gasteiger partial charge in [0.05, 0.1) is 0 Å². The van der Waals surface area contributed by atoms with E-state index in [-0.39, 0.29) is 0 Å². The maximum Gasteiger partial charge on any atom is 0.0141 e. The molecule has 1 saturated carbocycles. The average molecular weight is 223 g/mol. The molecule has 1 rings (SSSR count). The van der Waals surface area contributed by atoms with Gasteiger partial charge in [0.15, 0.2) is 0 Å². The molecule has 0 spiro atoms. The standard InChI is InChI=1S/C15H29N/c1-5-11-16-14(4)15(9-7-8-10-15)12-13(3)6-2/h13,16H,4-12H2,1-3H3. The molecule has 0 saturated heterocycles. The van der Waals surface area contributed by atoms with Crippen molar-refractivity contribution < 1.29 is 0 Å². The van der Waals surface area contributed by atoms with Crippen LogP contribution in [-0.2, 0) is 0 Å². The number of hydrogen-bond donors (Lipinski definition) is 1. The van der Waals surface area contributed by atoms with Crippen molar-refractivity contribution in [3.05, 3.63) is 12.3 Å². The zero-order valence-corrected chi connectivity index (χ0v) is 11.4. The summed E-state index contributed by atoms with van der Waals surface area (Å²) in [6, 6.07) is 0. The molecule has 1 aliphatic carbocycles. The molecule has 1 N–H and O–H groups in total. The van der Waals surface area contributed by atoms with Gasteiger partial charge in [-0.3, -0.25) is 0 Å². The van der Waals surface area contributed by atoms with Crippen molar-refractivity contribution in [3.63, 3.8) is 0 Å². The molecule has 0 radical (unpaired) electrons. The Hall–Kier alpha value is -0.460. The fraction of sp³-hybridized carbons (Fsp3) is 0.867. The molecule has 1 fully saturated rings. The highest BCUT2D eigenvalue weighted by molar-refractivity contribution is 5.11. The average Bonchev–Trinajstić information content (AvgIpc) is 2.75. The normalized spacial score (nSPS) is 20.7. The molecule has 0 aromatic rings. The van der Waals surface area contributed by atoms with E-state index in [1.54, 1.807) is 0 Å². The lowest BCUT2D eigenvalue weighted by Gasteiger charge is -2.34. The molecule has 0 aromatic carbocycles. The molecule has 1 heteroatoms. The third-order valence-electron chi connectivity index (χ3n) is 4.23. The molecule has 0 aromatic heterocycles. The van der Waals surface area contributed by atoms with Crippen LogP contribution in [0.15, 0.2) is 12.3 Å². The van der Waals surface area contributed by atoms with E-state index >= 15 is 0 Å². The molecule has 94 valence electrons. The van der Waals surface area contributed by atoms with Crippen molar-refractivity contribution in [3.8, 4) is 0 Å². The Kier molecular flexibility index (Phi) is 5.37. The van der Waals surface area contributed by atoms with Gasteiger partial charge in [0.1, 0.15) is 0 Å². The molecule has 0 aliphatic heterocycles. The number of allylic oxidation sites excluding steroid dienone is 1. The summed E-state index contributed by atoms with van der Waals surface area (Å²) >= 11 is 0. The molecule has 1 nitrogen and oxygen atoms in total. The van der Waals surface area contributed by atoms with Gasteiger partial charge < -0.3 is 5.32 Å². The van der Waals surface area contributed by atoms with Gasteiger partial charge in [-0.2, -0.15) is 0 Å². The van der Waals surface area contributed by atoms with Gasteiger partial charge >= 0.3 is 0 Å². The Bertz CT molecular complexity index is 213. The lowest BCUT2D eigenvalue weighted by atomic mass is 9.75. The van der Waals surface area contributed by atoms with Gasteiger partial charge in [-0.15, -0.1) is 0 Å². The second-order valence-electron chi connectivity index (χ2n) is 5.61. The highest BCUT2D eigenvalue weighted by Gasteiger charge is 2.37. The Balaban J connectivity index is 2.60. The predicted molar refractivity (Wildman–Crippen MR) is 72.4 cm³/mol. The van der Waals surface area contributed by atoms with Gasteiger partial charge in [-0.1, -0.05) is 46.6 Å². The van der Waals surface area contributed by atoms with E-state index in [2.05, 4.69) is 32.7 Å². The Labute approximate surface area is 102 Å². The molecule has 0 bridgehead atoms. The third kappa shape index (κ3) is 3.26. The SMILES string of the molecule is C=C(NCCC)C1(CC(C)CC)CCCC1. The molecule has 1 unspecified atom stereocenters. The van der Waals surface area contributed by atoms with Crippen molar-refractivity contribution in [1.29, 1.82) is 0 Å². The Morgan fingerprint density at radius 2 is 1.94 bits per heavy atom. The van der Waals surface area contributed by atoms with Crippen LogP contribution in [0.4, 0.5) is 0 Å². The van der Waals surface area contributed by atoms with Crippen molar-refractivity contribution in [2.45, 2.75) is 65.7 Å². The van der Waals surface area contributed by atoms with Gasteiger partial charge in [0.2, 0.25) is 0 Å². The molecule has 0 heterocycles. The van der Waals surface area contributed by atoms with E-state index in [4.69, 9.17) is 0 Å². The van der Waals surface area contributed by atoms with Crippen LogP contribution in [0.1, 0.15) is 65.7 Å². The van der Waals surface area contributed by atoms with E-state index < -0.39 is 0 Å². The van der Waals surface area contributed by atoms with Crippen LogP contribution >= 0.6 is 0 Å². The first kappa shape index (κ1) is 13.6. The first-order chi connectivity index (χ1) is 7.64. The highest BCUT2D eigenvalue weighted by atomic mass is 14.9. The number of nitrogens with one attached hydrogen (secondary N) is 1. The topological polar surface area (TPSA) is 12.0 Å². The fourth-order valence-corrected chi connectivity index (χ4v) is 2.96. The van der Waals surface area contributed by atoms with E-state index in [9.17, 15) is 0 Å². The van der Waals surface area contributed by atoms with Crippen LogP contribution in [0.3, 0.4) is 0 Å². The zero-order chi connectivity index (χ0) is 12.0. The van der Waals surface area contributed by atoms with Gasteiger partial charge in [-0.05, 0) is 31.6 Å². The molecule has 16 heavy (non-hydrogen) atoms. The molecular weight excluding hydrogens is 194 g/mol. The minimum absolute atomic E-state index is 0.421. The maximum atomic E-state index is 4.32. The quantitative estimate of drug-likeness (QED) is 0.670. The second-order valence-corrected chi connectivity index (χ2v) is 5.61. The highest BCUT2D eigenvalue weighted by Crippen LogP contribution is 2.47. The second kappa shape index (κ2) is 6.32.